The summed E-state index contributed by atoms with van der Waals surface area (Å²) in [6.07, 6.45) is 7.59. The van der Waals surface area contributed by atoms with Gasteiger partial charge in [0.1, 0.15) is 0 Å². The molecule has 0 saturated carbocycles. The summed E-state index contributed by atoms with van der Waals surface area (Å²) >= 11 is 0. The maximum Gasteiger partial charge on any atom is 0.222 e. The van der Waals surface area contributed by atoms with Gasteiger partial charge < -0.3 is 10.2 Å². The minimum Gasteiger partial charge on any atom is -0.338 e. The van der Waals surface area contributed by atoms with E-state index < -0.39 is 0 Å². The van der Waals surface area contributed by atoms with Crippen LogP contribution in [0.1, 0.15) is 39.0 Å². The third kappa shape index (κ3) is 3.84. The smallest absolute Gasteiger partial charge is 0.222 e. The van der Waals surface area contributed by atoms with Crippen molar-refractivity contribution in [1.82, 2.24) is 10.2 Å². The maximum atomic E-state index is 12.1. The number of nitrogens with zero attached hydrogens (tertiary/aromatic N) is 1. The van der Waals surface area contributed by atoms with Crippen molar-refractivity contribution in [1.29, 1.82) is 0 Å². The molecule has 17 heavy (non-hydrogen) atoms. The molecule has 1 amide bonds. The number of carbonyl (C=O) groups excluding carboxylic acids is 1. The molecule has 0 aromatic heterocycles. The summed E-state index contributed by atoms with van der Waals surface area (Å²) in [6.45, 7) is 6.15. The van der Waals surface area contributed by atoms with Gasteiger partial charge in [0.25, 0.3) is 0 Å². The molecule has 0 aromatic carbocycles. The van der Waals surface area contributed by atoms with E-state index in [0.717, 1.165) is 51.4 Å². The second-order valence-electron chi connectivity index (χ2n) is 5.39. The first-order valence-corrected chi connectivity index (χ1v) is 6.90. The van der Waals surface area contributed by atoms with Gasteiger partial charge in [-0.3, -0.25) is 4.79 Å². The lowest BCUT2D eigenvalue weighted by molar-refractivity contribution is -0.131. The molecule has 2 rings (SSSR count). The zero-order valence-electron chi connectivity index (χ0n) is 10.9. The Morgan fingerprint density at radius 3 is 2.94 bits per heavy atom. The maximum absolute atomic E-state index is 12.1. The monoisotopic (exact) mass is 236 g/mol. The Morgan fingerprint density at radius 2 is 2.24 bits per heavy atom. The first-order valence-electron chi connectivity index (χ1n) is 6.90. The van der Waals surface area contributed by atoms with E-state index in [2.05, 4.69) is 18.3 Å². The van der Waals surface area contributed by atoms with Gasteiger partial charge in [-0.1, -0.05) is 11.6 Å². The molecule has 1 fully saturated rings. The van der Waals surface area contributed by atoms with E-state index in [9.17, 15) is 4.79 Å². The van der Waals surface area contributed by atoms with Crippen LogP contribution in [0.25, 0.3) is 0 Å². The van der Waals surface area contributed by atoms with Crippen LogP contribution >= 0.6 is 0 Å². The minimum atomic E-state index is 0.357. The van der Waals surface area contributed by atoms with Gasteiger partial charge in [0.05, 0.1) is 0 Å². The molecule has 0 aromatic rings. The Bertz CT molecular complexity index is 293. The standard InChI is InChI=1S/C14H24N2O/c1-12-3-2-10-16(11-12)14(17)5-4-13-6-8-15-9-7-13/h3,13,15H,2,4-11H2,1H3. The normalized spacial score (nSPS) is 22.4. The number of amides is 1. The van der Waals surface area contributed by atoms with Crippen LogP contribution in [0.15, 0.2) is 11.6 Å². The van der Waals surface area contributed by atoms with Crippen molar-refractivity contribution in [2.75, 3.05) is 26.2 Å². The van der Waals surface area contributed by atoms with E-state index in [1.165, 1.54) is 18.4 Å². The fourth-order valence-corrected chi connectivity index (χ4v) is 2.78. The van der Waals surface area contributed by atoms with E-state index >= 15 is 0 Å². The van der Waals surface area contributed by atoms with Crippen LogP contribution in [0.3, 0.4) is 0 Å². The second kappa shape index (κ2) is 6.20. The summed E-state index contributed by atoms with van der Waals surface area (Å²) in [6, 6.07) is 0. The van der Waals surface area contributed by atoms with Crippen LogP contribution in [0.2, 0.25) is 0 Å². The van der Waals surface area contributed by atoms with Crippen molar-refractivity contribution in [3.63, 3.8) is 0 Å². The molecular weight excluding hydrogens is 212 g/mol. The molecule has 2 heterocycles. The van der Waals surface area contributed by atoms with E-state index in [0.29, 0.717) is 5.91 Å². The van der Waals surface area contributed by atoms with Crippen LogP contribution in [-0.2, 0) is 4.79 Å². The Balaban J connectivity index is 1.71. The van der Waals surface area contributed by atoms with Crippen LogP contribution < -0.4 is 5.32 Å². The lowest BCUT2D eigenvalue weighted by Gasteiger charge is -2.28. The summed E-state index contributed by atoms with van der Waals surface area (Å²) in [5.74, 6) is 1.12. The first kappa shape index (κ1) is 12.6. The van der Waals surface area contributed by atoms with E-state index in [-0.39, 0.29) is 0 Å². The lowest BCUT2D eigenvalue weighted by Crippen LogP contribution is -2.36. The van der Waals surface area contributed by atoms with Crippen molar-refractivity contribution in [2.45, 2.75) is 39.0 Å². The SMILES string of the molecule is CC1=CCCN(C(=O)CCC2CCNCC2)C1. The highest BCUT2D eigenvalue weighted by Gasteiger charge is 2.19. The van der Waals surface area contributed by atoms with Crippen molar-refractivity contribution < 1.29 is 4.79 Å². The summed E-state index contributed by atoms with van der Waals surface area (Å²) in [7, 11) is 0. The molecule has 96 valence electrons. The first-order chi connectivity index (χ1) is 8.25. The Labute approximate surface area is 104 Å². The quantitative estimate of drug-likeness (QED) is 0.760. The van der Waals surface area contributed by atoms with Gasteiger partial charge in [-0.2, -0.15) is 0 Å². The van der Waals surface area contributed by atoms with Gasteiger partial charge in [-0.25, -0.2) is 0 Å². The largest absolute Gasteiger partial charge is 0.338 e. The van der Waals surface area contributed by atoms with Crippen LogP contribution in [0.4, 0.5) is 0 Å². The molecule has 3 nitrogen and oxygen atoms in total. The molecule has 0 spiro atoms. The van der Waals surface area contributed by atoms with Crippen molar-refractivity contribution in [3.05, 3.63) is 11.6 Å². The molecule has 1 N–H and O–H groups in total. The van der Waals surface area contributed by atoms with Crippen LogP contribution in [-0.4, -0.2) is 37.0 Å². The predicted molar refractivity (Wildman–Crippen MR) is 69.8 cm³/mol. The molecule has 2 aliphatic heterocycles. The minimum absolute atomic E-state index is 0.357. The van der Waals surface area contributed by atoms with Gasteiger partial charge in [-0.05, 0) is 51.6 Å². The molecule has 0 unspecified atom stereocenters. The number of nitrogens with one attached hydrogen (secondary N) is 1. The number of piperidine rings is 1. The molecule has 2 aliphatic rings. The number of rotatable bonds is 3. The van der Waals surface area contributed by atoms with Gasteiger partial charge in [0, 0.05) is 19.5 Å². The van der Waals surface area contributed by atoms with Crippen molar-refractivity contribution in [3.8, 4) is 0 Å². The van der Waals surface area contributed by atoms with E-state index in [4.69, 9.17) is 0 Å². The topological polar surface area (TPSA) is 32.3 Å². The number of carbonyl (C=O) groups is 1. The highest BCUT2D eigenvalue weighted by molar-refractivity contribution is 5.76. The zero-order chi connectivity index (χ0) is 12.1. The average molecular weight is 236 g/mol. The average Bonchev–Trinajstić information content (AvgIpc) is 2.37. The molecule has 0 radical (unpaired) electrons. The van der Waals surface area contributed by atoms with E-state index in [1.807, 2.05) is 4.90 Å². The fourth-order valence-electron chi connectivity index (χ4n) is 2.78. The van der Waals surface area contributed by atoms with Crippen molar-refractivity contribution >= 4 is 5.91 Å². The Hall–Kier alpha value is -0.830. The van der Waals surface area contributed by atoms with Gasteiger partial charge in [0.2, 0.25) is 5.91 Å². The Kier molecular flexibility index (Phi) is 4.60. The zero-order valence-corrected chi connectivity index (χ0v) is 10.9. The van der Waals surface area contributed by atoms with E-state index in [1.54, 1.807) is 0 Å². The number of hydrogen-bond donors (Lipinski definition) is 1. The number of hydrogen-bond acceptors (Lipinski definition) is 2. The predicted octanol–water partition coefficient (Wildman–Crippen LogP) is 1.94. The van der Waals surface area contributed by atoms with Gasteiger partial charge in [-0.15, -0.1) is 0 Å². The molecule has 3 heteroatoms. The summed E-state index contributed by atoms with van der Waals surface area (Å²) in [5, 5.41) is 3.37. The van der Waals surface area contributed by atoms with Gasteiger partial charge in [0.15, 0.2) is 0 Å². The highest BCUT2D eigenvalue weighted by Crippen LogP contribution is 2.19. The molecular formula is C14H24N2O. The lowest BCUT2D eigenvalue weighted by atomic mass is 9.93. The molecule has 0 bridgehead atoms. The fraction of sp³-hybridized carbons (Fsp3) is 0.786. The molecule has 1 saturated heterocycles. The van der Waals surface area contributed by atoms with Crippen LogP contribution in [0, 0.1) is 5.92 Å². The summed E-state index contributed by atoms with van der Waals surface area (Å²) < 4.78 is 0. The van der Waals surface area contributed by atoms with Crippen molar-refractivity contribution in [2.24, 2.45) is 5.92 Å². The third-order valence-corrected chi connectivity index (χ3v) is 3.91. The Morgan fingerprint density at radius 1 is 1.47 bits per heavy atom. The molecule has 0 aliphatic carbocycles. The molecule has 0 atom stereocenters. The van der Waals surface area contributed by atoms with Gasteiger partial charge >= 0.3 is 0 Å². The summed E-state index contributed by atoms with van der Waals surface area (Å²) in [4.78, 5) is 14.1. The van der Waals surface area contributed by atoms with Crippen LogP contribution in [0.5, 0.6) is 0 Å². The third-order valence-electron chi connectivity index (χ3n) is 3.91. The summed E-state index contributed by atoms with van der Waals surface area (Å²) in [5.41, 5.74) is 1.34. The highest BCUT2D eigenvalue weighted by atomic mass is 16.2. The second-order valence-corrected chi connectivity index (χ2v) is 5.39.